The zero-order valence-corrected chi connectivity index (χ0v) is 12.0. The number of likely N-dealkylation sites (tertiary alicyclic amines) is 1. The quantitative estimate of drug-likeness (QED) is 0.904. The predicted octanol–water partition coefficient (Wildman–Crippen LogP) is 2.52. The molecule has 3 heteroatoms. The summed E-state index contributed by atoms with van der Waals surface area (Å²) in [6.07, 6.45) is 3.57. The van der Waals surface area contributed by atoms with Crippen LogP contribution in [0, 0.1) is 0 Å². The molecule has 1 fully saturated rings. The smallest absolute Gasteiger partial charge is 0.0777 e. The lowest BCUT2D eigenvalue weighted by atomic mass is 9.94. The fraction of sp³-hybridized carbons (Fsp3) is 0.625. The molecule has 0 aliphatic carbocycles. The lowest BCUT2D eigenvalue weighted by molar-refractivity contribution is -0.0511. The first-order chi connectivity index (χ1) is 9.18. The van der Waals surface area contributed by atoms with E-state index in [0.717, 1.165) is 19.5 Å². The second kappa shape index (κ2) is 5.14. The Kier molecular flexibility index (Phi) is 3.50. The number of ether oxygens (including phenoxy) is 1. The molecule has 2 aliphatic heterocycles. The molecule has 0 radical (unpaired) electrons. The Labute approximate surface area is 115 Å². The SMILES string of the molecule is COC1(C)CCCN(CC2Cc3ccccc3N2)C1. The summed E-state index contributed by atoms with van der Waals surface area (Å²) in [6, 6.07) is 9.21. The molecule has 2 atom stereocenters. The number of nitrogens with zero attached hydrogens (tertiary/aromatic N) is 1. The van der Waals surface area contributed by atoms with Gasteiger partial charge in [0.15, 0.2) is 0 Å². The first kappa shape index (κ1) is 12.9. The normalized spacial score (nSPS) is 30.9. The molecule has 2 unspecified atom stereocenters. The van der Waals surface area contributed by atoms with Crippen molar-refractivity contribution in [3.63, 3.8) is 0 Å². The molecular weight excluding hydrogens is 236 g/mol. The van der Waals surface area contributed by atoms with Crippen molar-refractivity contribution in [3.8, 4) is 0 Å². The third-order valence-corrected chi connectivity index (χ3v) is 4.55. The van der Waals surface area contributed by atoms with E-state index in [0.29, 0.717) is 6.04 Å². The number of hydrogen-bond acceptors (Lipinski definition) is 3. The summed E-state index contributed by atoms with van der Waals surface area (Å²) in [4.78, 5) is 2.55. The fourth-order valence-corrected chi connectivity index (χ4v) is 3.43. The molecule has 2 aliphatic rings. The van der Waals surface area contributed by atoms with Gasteiger partial charge in [-0.1, -0.05) is 18.2 Å². The highest BCUT2D eigenvalue weighted by Crippen LogP contribution is 2.28. The van der Waals surface area contributed by atoms with Crippen LogP contribution in [0.1, 0.15) is 25.3 Å². The van der Waals surface area contributed by atoms with Gasteiger partial charge in [-0.3, -0.25) is 4.90 Å². The van der Waals surface area contributed by atoms with Crippen molar-refractivity contribution >= 4 is 5.69 Å². The molecule has 104 valence electrons. The summed E-state index contributed by atoms with van der Waals surface area (Å²) in [5.41, 5.74) is 2.82. The van der Waals surface area contributed by atoms with Crippen LogP contribution in [0.5, 0.6) is 0 Å². The van der Waals surface area contributed by atoms with Crippen molar-refractivity contribution in [1.29, 1.82) is 0 Å². The molecule has 0 spiro atoms. The molecule has 0 bridgehead atoms. The highest BCUT2D eigenvalue weighted by Gasteiger charge is 2.32. The topological polar surface area (TPSA) is 24.5 Å². The Bertz CT molecular complexity index is 423. The molecule has 0 saturated carbocycles. The third-order valence-electron chi connectivity index (χ3n) is 4.55. The van der Waals surface area contributed by atoms with Crippen LogP contribution in [-0.2, 0) is 11.2 Å². The van der Waals surface area contributed by atoms with Crippen molar-refractivity contribution in [2.45, 2.75) is 37.8 Å². The molecule has 0 aromatic heterocycles. The number of fused-ring (bicyclic) bond motifs is 1. The lowest BCUT2D eigenvalue weighted by Gasteiger charge is -2.40. The largest absolute Gasteiger partial charge is 0.380 e. The number of methoxy groups -OCH3 is 1. The van der Waals surface area contributed by atoms with E-state index in [1.807, 2.05) is 7.11 Å². The Morgan fingerprint density at radius 3 is 3.05 bits per heavy atom. The second-order valence-electron chi connectivity index (χ2n) is 6.20. The van der Waals surface area contributed by atoms with Crippen LogP contribution in [0.15, 0.2) is 24.3 Å². The van der Waals surface area contributed by atoms with E-state index in [4.69, 9.17) is 4.74 Å². The number of para-hydroxylation sites is 1. The summed E-state index contributed by atoms with van der Waals surface area (Å²) >= 11 is 0. The maximum Gasteiger partial charge on any atom is 0.0777 e. The van der Waals surface area contributed by atoms with Gasteiger partial charge < -0.3 is 10.1 Å². The number of hydrogen-bond donors (Lipinski definition) is 1. The Balaban J connectivity index is 1.59. The van der Waals surface area contributed by atoms with E-state index >= 15 is 0 Å². The number of piperidine rings is 1. The van der Waals surface area contributed by atoms with Gasteiger partial charge in [0.1, 0.15) is 0 Å². The first-order valence-electron chi connectivity index (χ1n) is 7.30. The average Bonchev–Trinajstić information content (AvgIpc) is 2.81. The zero-order chi connectivity index (χ0) is 13.3. The molecular formula is C16H24N2O. The maximum absolute atomic E-state index is 5.67. The van der Waals surface area contributed by atoms with Gasteiger partial charge in [0, 0.05) is 31.9 Å². The molecule has 3 rings (SSSR count). The summed E-state index contributed by atoms with van der Waals surface area (Å²) in [6.45, 7) is 5.61. The van der Waals surface area contributed by atoms with Crippen LogP contribution in [-0.4, -0.2) is 43.3 Å². The van der Waals surface area contributed by atoms with E-state index in [2.05, 4.69) is 41.4 Å². The minimum atomic E-state index is 0.0453. The molecule has 1 saturated heterocycles. The third kappa shape index (κ3) is 2.77. The zero-order valence-electron chi connectivity index (χ0n) is 12.0. The van der Waals surface area contributed by atoms with E-state index in [9.17, 15) is 0 Å². The van der Waals surface area contributed by atoms with Gasteiger partial charge in [0.2, 0.25) is 0 Å². The van der Waals surface area contributed by atoms with Gasteiger partial charge in [-0.2, -0.15) is 0 Å². The lowest BCUT2D eigenvalue weighted by Crippen LogP contribution is -2.50. The van der Waals surface area contributed by atoms with Crippen LogP contribution in [0.25, 0.3) is 0 Å². The highest BCUT2D eigenvalue weighted by atomic mass is 16.5. The van der Waals surface area contributed by atoms with Crippen molar-refractivity contribution in [2.75, 3.05) is 32.1 Å². The predicted molar refractivity (Wildman–Crippen MR) is 78.6 cm³/mol. The second-order valence-corrected chi connectivity index (χ2v) is 6.20. The average molecular weight is 260 g/mol. The van der Waals surface area contributed by atoms with Gasteiger partial charge >= 0.3 is 0 Å². The molecule has 1 aromatic rings. The minimum Gasteiger partial charge on any atom is -0.380 e. The molecule has 0 amide bonds. The molecule has 1 aromatic carbocycles. The van der Waals surface area contributed by atoms with Gasteiger partial charge in [-0.25, -0.2) is 0 Å². The Hall–Kier alpha value is -1.06. The van der Waals surface area contributed by atoms with Crippen molar-refractivity contribution in [2.24, 2.45) is 0 Å². The van der Waals surface area contributed by atoms with Crippen LogP contribution in [0.4, 0.5) is 5.69 Å². The Morgan fingerprint density at radius 2 is 2.26 bits per heavy atom. The van der Waals surface area contributed by atoms with E-state index < -0.39 is 0 Å². The van der Waals surface area contributed by atoms with Crippen molar-refractivity contribution < 1.29 is 4.74 Å². The van der Waals surface area contributed by atoms with E-state index in [1.165, 1.54) is 30.6 Å². The van der Waals surface area contributed by atoms with Crippen molar-refractivity contribution in [3.05, 3.63) is 29.8 Å². The monoisotopic (exact) mass is 260 g/mol. The van der Waals surface area contributed by atoms with Crippen LogP contribution in [0.2, 0.25) is 0 Å². The molecule has 19 heavy (non-hydrogen) atoms. The van der Waals surface area contributed by atoms with Crippen LogP contribution >= 0.6 is 0 Å². The van der Waals surface area contributed by atoms with Gasteiger partial charge in [-0.05, 0) is 44.4 Å². The number of rotatable bonds is 3. The minimum absolute atomic E-state index is 0.0453. The fourth-order valence-electron chi connectivity index (χ4n) is 3.43. The van der Waals surface area contributed by atoms with Gasteiger partial charge in [0.05, 0.1) is 5.60 Å². The summed E-state index contributed by atoms with van der Waals surface area (Å²) in [5, 5.41) is 3.64. The van der Waals surface area contributed by atoms with Gasteiger partial charge in [0.25, 0.3) is 0 Å². The summed E-state index contributed by atoms with van der Waals surface area (Å²) in [5.74, 6) is 0. The summed E-state index contributed by atoms with van der Waals surface area (Å²) < 4.78 is 5.67. The van der Waals surface area contributed by atoms with E-state index in [1.54, 1.807) is 0 Å². The van der Waals surface area contributed by atoms with Crippen LogP contribution < -0.4 is 5.32 Å². The Morgan fingerprint density at radius 1 is 1.42 bits per heavy atom. The summed E-state index contributed by atoms with van der Waals surface area (Å²) in [7, 11) is 1.84. The maximum atomic E-state index is 5.67. The van der Waals surface area contributed by atoms with Gasteiger partial charge in [-0.15, -0.1) is 0 Å². The van der Waals surface area contributed by atoms with Crippen molar-refractivity contribution in [1.82, 2.24) is 4.90 Å². The standard InChI is InChI=1S/C16H24N2O/c1-16(19-2)8-5-9-18(12-16)11-14-10-13-6-3-4-7-15(13)17-14/h3-4,6-7,14,17H,5,8-12H2,1-2H3. The molecule has 3 nitrogen and oxygen atoms in total. The molecule has 1 N–H and O–H groups in total. The first-order valence-corrected chi connectivity index (χ1v) is 7.30. The number of anilines is 1. The number of benzene rings is 1. The van der Waals surface area contributed by atoms with Crippen LogP contribution in [0.3, 0.4) is 0 Å². The number of nitrogens with one attached hydrogen (secondary N) is 1. The highest BCUT2D eigenvalue weighted by molar-refractivity contribution is 5.56. The molecule has 2 heterocycles. The van der Waals surface area contributed by atoms with E-state index in [-0.39, 0.29) is 5.60 Å².